The Bertz CT molecular complexity index is 1880. The van der Waals surface area contributed by atoms with Crippen LogP contribution in [0.5, 0.6) is 0 Å². The summed E-state index contributed by atoms with van der Waals surface area (Å²) in [4.78, 5) is 26.3. The van der Waals surface area contributed by atoms with E-state index >= 15 is 0 Å². The Morgan fingerprint density at radius 1 is 1.10 bits per heavy atom. The first kappa shape index (κ1) is 35.9. The van der Waals surface area contributed by atoms with Crippen molar-refractivity contribution in [1.29, 1.82) is 5.26 Å². The summed E-state index contributed by atoms with van der Waals surface area (Å²) in [5.74, 6) is 1.06. The highest BCUT2D eigenvalue weighted by atomic mass is 32.1. The first-order chi connectivity index (χ1) is 23.7. The van der Waals surface area contributed by atoms with Crippen molar-refractivity contribution in [2.75, 3.05) is 25.0 Å². The zero-order valence-electron chi connectivity index (χ0n) is 29.4. The minimum Gasteiger partial charge on any atom is -0.444 e. The van der Waals surface area contributed by atoms with Crippen molar-refractivity contribution in [2.24, 2.45) is 5.92 Å². The molecule has 2 saturated heterocycles. The van der Waals surface area contributed by atoms with Crippen molar-refractivity contribution in [2.45, 2.75) is 110 Å². The van der Waals surface area contributed by atoms with Gasteiger partial charge in [-0.25, -0.2) is 14.8 Å². The van der Waals surface area contributed by atoms with Crippen LogP contribution in [0.1, 0.15) is 81.5 Å². The minimum absolute atomic E-state index is 0.107. The second-order valence-electron chi connectivity index (χ2n) is 14.9. The van der Waals surface area contributed by atoms with Crippen LogP contribution >= 0.6 is 11.3 Å². The maximum atomic E-state index is 13.0. The molecule has 3 aromatic heterocycles. The molecule has 268 valence electrons. The molecule has 0 radical (unpaired) electrons. The largest absolute Gasteiger partial charge is 0.444 e. The van der Waals surface area contributed by atoms with Crippen molar-refractivity contribution < 1.29 is 22.7 Å². The van der Waals surface area contributed by atoms with E-state index in [0.29, 0.717) is 34.2 Å². The van der Waals surface area contributed by atoms with Crippen molar-refractivity contribution in [3.8, 4) is 6.07 Å². The fourth-order valence-electron chi connectivity index (χ4n) is 7.44. The number of hydrogen-bond acceptors (Lipinski definition) is 8. The van der Waals surface area contributed by atoms with Crippen LogP contribution in [0, 0.1) is 24.2 Å². The highest BCUT2D eigenvalue weighted by Crippen LogP contribution is 2.34. The van der Waals surface area contributed by atoms with Gasteiger partial charge in [-0.15, -0.1) is 11.3 Å². The van der Waals surface area contributed by atoms with Crippen LogP contribution in [-0.4, -0.2) is 73.9 Å². The molecule has 0 saturated carbocycles. The molecule has 50 heavy (non-hydrogen) atoms. The van der Waals surface area contributed by atoms with Crippen LogP contribution in [0.3, 0.4) is 0 Å². The number of nitrogens with zero attached hydrogens (tertiary/aromatic N) is 6. The number of anilines is 1. The minimum atomic E-state index is -4.26. The molecule has 0 bridgehead atoms. The van der Waals surface area contributed by atoms with Gasteiger partial charge in [-0.2, -0.15) is 18.4 Å². The summed E-state index contributed by atoms with van der Waals surface area (Å²) in [5.41, 5.74) is 3.66. The number of hydrogen-bond donors (Lipinski definition) is 1. The lowest BCUT2D eigenvalue weighted by Gasteiger charge is -2.38. The molecule has 2 atom stereocenters. The molecule has 2 aliphatic rings. The van der Waals surface area contributed by atoms with E-state index in [1.54, 1.807) is 6.07 Å². The van der Waals surface area contributed by atoms with Crippen LogP contribution in [-0.2, 0) is 24.2 Å². The van der Waals surface area contributed by atoms with E-state index < -0.39 is 18.2 Å². The Balaban J connectivity index is 1.05. The van der Waals surface area contributed by atoms with Crippen molar-refractivity contribution in [1.82, 2.24) is 24.3 Å². The fraction of sp³-hybridized carbons (Fsp3) is 0.568. The van der Waals surface area contributed by atoms with E-state index in [1.807, 2.05) is 31.7 Å². The number of rotatable bonds is 8. The molecule has 4 aromatic rings. The molecule has 1 aromatic carbocycles. The van der Waals surface area contributed by atoms with Crippen molar-refractivity contribution in [3.05, 3.63) is 52.3 Å². The number of nitriles is 1. The number of amides is 1. The number of aromatic nitrogens is 3. The third-order valence-electron chi connectivity index (χ3n) is 10.0. The smallest absolute Gasteiger partial charge is 0.410 e. The average Bonchev–Trinajstić information content (AvgIpc) is 3.61. The first-order valence-corrected chi connectivity index (χ1v) is 18.3. The lowest BCUT2D eigenvalue weighted by molar-refractivity contribution is -0.126. The monoisotopic (exact) mass is 709 g/mol. The zero-order valence-corrected chi connectivity index (χ0v) is 30.3. The van der Waals surface area contributed by atoms with Crippen molar-refractivity contribution in [3.63, 3.8) is 0 Å². The number of ether oxygens (including phenoxy) is 1. The van der Waals surface area contributed by atoms with Gasteiger partial charge in [0.25, 0.3) is 0 Å². The van der Waals surface area contributed by atoms with Crippen LogP contribution in [0.4, 0.5) is 23.8 Å². The van der Waals surface area contributed by atoms with Gasteiger partial charge in [0.15, 0.2) is 0 Å². The van der Waals surface area contributed by atoms with Crippen LogP contribution in [0.15, 0.2) is 30.6 Å². The predicted octanol–water partition coefficient (Wildman–Crippen LogP) is 8.43. The number of carbonyl (C=O) groups excluding carboxylic acids is 1. The molecular formula is C37H46F3N7O2S. The van der Waals surface area contributed by atoms with Gasteiger partial charge in [0.1, 0.15) is 34.3 Å². The number of aryl methyl sites for hydroxylation is 2. The SMILES string of the molecule is Cc1c(CN2CCC(Nc3ncnc4sc(CC(F)(F)F)cc34)CC2)ccc2c1cc(C#N)n2CCC1CCN(C(=O)OC(C)(C)C)C(C)C1. The third-order valence-corrected chi connectivity index (χ3v) is 11.1. The van der Waals surface area contributed by atoms with Gasteiger partial charge in [-0.05, 0) is 102 Å². The van der Waals surface area contributed by atoms with Crippen LogP contribution in [0.2, 0.25) is 0 Å². The number of nitrogens with one attached hydrogen (secondary N) is 1. The molecule has 0 spiro atoms. The number of halogens is 3. The normalized spacial score (nSPS) is 19.6. The molecule has 0 aliphatic carbocycles. The molecule has 5 heterocycles. The van der Waals surface area contributed by atoms with Gasteiger partial charge < -0.3 is 19.5 Å². The standard InChI is InChI=1S/C37H46F3N7O2S/c1-23-16-25(8-14-46(23)35(48)49-36(3,4)5)9-15-47-28(20-41)17-30-24(2)26(6-7-32(30)47)21-45-12-10-27(11-13-45)44-33-31-18-29(19-37(38,39)40)50-34(31)43-22-42-33/h6-7,17-18,22-23,25,27H,8-16,19,21H2,1-5H3,(H,42,43,44). The molecule has 1 N–H and O–H groups in total. The van der Waals surface area contributed by atoms with Gasteiger partial charge in [-0.3, -0.25) is 4.90 Å². The summed E-state index contributed by atoms with van der Waals surface area (Å²) in [6.07, 6.45) is 0.487. The zero-order chi connectivity index (χ0) is 35.8. The predicted molar refractivity (Wildman–Crippen MR) is 190 cm³/mol. The Morgan fingerprint density at radius 3 is 2.54 bits per heavy atom. The Hall–Kier alpha value is -3.89. The van der Waals surface area contributed by atoms with E-state index in [0.717, 1.165) is 80.5 Å². The number of alkyl halides is 3. The van der Waals surface area contributed by atoms with Gasteiger partial charge in [0.05, 0.1) is 11.8 Å². The number of thiophene rings is 1. The van der Waals surface area contributed by atoms with E-state index in [2.05, 4.69) is 56.8 Å². The third kappa shape index (κ3) is 8.35. The molecule has 1 amide bonds. The summed E-state index contributed by atoms with van der Waals surface area (Å²) >= 11 is 1.06. The second-order valence-corrected chi connectivity index (χ2v) is 16.0. The number of likely N-dealkylation sites (tertiary alicyclic amines) is 2. The molecule has 9 nitrogen and oxygen atoms in total. The summed E-state index contributed by atoms with van der Waals surface area (Å²) < 4.78 is 46.7. The van der Waals surface area contributed by atoms with Crippen LogP contribution < -0.4 is 5.32 Å². The number of fused-ring (bicyclic) bond motifs is 2. The second kappa shape index (κ2) is 14.4. The maximum Gasteiger partial charge on any atom is 0.410 e. The molecular weight excluding hydrogens is 664 g/mol. The molecule has 6 rings (SSSR count). The molecule has 13 heteroatoms. The molecule has 2 aliphatic heterocycles. The van der Waals surface area contributed by atoms with Gasteiger partial charge in [-0.1, -0.05) is 6.07 Å². The van der Waals surface area contributed by atoms with E-state index in [-0.39, 0.29) is 23.1 Å². The Morgan fingerprint density at radius 2 is 1.86 bits per heavy atom. The summed E-state index contributed by atoms with van der Waals surface area (Å²) in [7, 11) is 0. The molecule has 2 unspecified atom stereocenters. The summed E-state index contributed by atoms with van der Waals surface area (Å²) in [6.45, 7) is 13.9. The number of carbonyl (C=O) groups is 1. The van der Waals surface area contributed by atoms with Crippen LogP contribution in [0.25, 0.3) is 21.1 Å². The topological polar surface area (TPSA) is 99.3 Å². The fourth-order valence-corrected chi connectivity index (χ4v) is 8.46. The first-order valence-electron chi connectivity index (χ1n) is 17.5. The summed E-state index contributed by atoms with van der Waals surface area (Å²) in [5, 5.41) is 15.3. The van der Waals surface area contributed by atoms with Gasteiger partial charge >= 0.3 is 12.3 Å². The quantitative estimate of drug-likeness (QED) is 0.196. The van der Waals surface area contributed by atoms with E-state index in [9.17, 15) is 23.2 Å². The van der Waals surface area contributed by atoms with E-state index in [1.165, 1.54) is 17.5 Å². The van der Waals surface area contributed by atoms with Gasteiger partial charge in [0.2, 0.25) is 0 Å². The number of piperidine rings is 2. The Labute approximate surface area is 295 Å². The highest BCUT2D eigenvalue weighted by Gasteiger charge is 2.32. The summed E-state index contributed by atoms with van der Waals surface area (Å²) in [6, 6.07) is 10.6. The van der Waals surface area contributed by atoms with E-state index in [4.69, 9.17) is 4.74 Å². The van der Waals surface area contributed by atoms with Gasteiger partial charge in [0, 0.05) is 60.6 Å². The molecule has 2 fully saturated rings. The average molecular weight is 710 g/mol. The Kier molecular flexibility index (Phi) is 10.3. The van der Waals surface area contributed by atoms with Crippen molar-refractivity contribution >= 4 is 44.4 Å². The lowest BCUT2D eigenvalue weighted by atomic mass is 9.89. The maximum absolute atomic E-state index is 13.0. The highest BCUT2D eigenvalue weighted by molar-refractivity contribution is 7.18. The lowest BCUT2D eigenvalue weighted by Crippen LogP contribution is -2.46. The number of benzene rings is 1.